The maximum atomic E-state index is 12.1. The van der Waals surface area contributed by atoms with E-state index in [9.17, 15) is 9.90 Å². The quantitative estimate of drug-likeness (QED) is 0.726. The zero-order valence-electron chi connectivity index (χ0n) is 12.6. The number of halogens is 1. The summed E-state index contributed by atoms with van der Waals surface area (Å²) in [6, 6.07) is 0.575. The Morgan fingerprint density at radius 2 is 2.05 bits per heavy atom. The van der Waals surface area contributed by atoms with Gasteiger partial charge in [0, 0.05) is 12.6 Å². The maximum Gasteiger partial charge on any atom is 0.237 e. The third kappa shape index (κ3) is 4.90. The van der Waals surface area contributed by atoms with Crippen molar-refractivity contribution < 1.29 is 9.90 Å². The molecule has 0 aromatic heterocycles. The van der Waals surface area contributed by atoms with Crippen molar-refractivity contribution in [3.05, 3.63) is 0 Å². The van der Waals surface area contributed by atoms with E-state index in [1.54, 1.807) is 6.92 Å². The second kappa shape index (κ2) is 8.20. The summed E-state index contributed by atoms with van der Waals surface area (Å²) in [4.78, 5) is 12.1. The molecule has 1 amide bonds. The van der Waals surface area contributed by atoms with Crippen molar-refractivity contribution in [2.45, 2.75) is 70.6 Å². The Balaban J connectivity index is 0.00000200. The number of amides is 1. The van der Waals surface area contributed by atoms with Gasteiger partial charge in [-0.15, -0.1) is 12.4 Å². The van der Waals surface area contributed by atoms with Crippen molar-refractivity contribution in [2.75, 3.05) is 6.54 Å². The molecule has 0 aromatic rings. The van der Waals surface area contributed by atoms with E-state index in [2.05, 4.69) is 17.6 Å². The molecule has 5 unspecified atom stereocenters. The normalized spacial score (nSPS) is 31.9. The number of hydrogen-bond donors (Lipinski definition) is 3. The first-order valence-electron chi connectivity index (χ1n) is 7.78. The number of nitrogens with one attached hydrogen (secondary N) is 2. The molecule has 1 saturated heterocycles. The predicted octanol–water partition coefficient (Wildman–Crippen LogP) is 1.85. The van der Waals surface area contributed by atoms with E-state index >= 15 is 0 Å². The first-order chi connectivity index (χ1) is 9.06. The van der Waals surface area contributed by atoms with Crippen LogP contribution < -0.4 is 10.6 Å². The molecule has 3 N–H and O–H groups in total. The predicted molar refractivity (Wildman–Crippen MR) is 83.0 cm³/mol. The van der Waals surface area contributed by atoms with Crippen LogP contribution in [-0.2, 0) is 4.79 Å². The van der Waals surface area contributed by atoms with Gasteiger partial charge in [0.2, 0.25) is 5.91 Å². The minimum Gasteiger partial charge on any atom is -0.393 e. The Kier molecular flexibility index (Phi) is 7.27. The van der Waals surface area contributed by atoms with Crippen LogP contribution >= 0.6 is 12.4 Å². The van der Waals surface area contributed by atoms with Crippen molar-refractivity contribution in [2.24, 2.45) is 11.8 Å². The van der Waals surface area contributed by atoms with Crippen molar-refractivity contribution in [3.8, 4) is 0 Å². The van der Waals surface area contributed by atoms with Gasteiger partial charge in [0.25, 0.3) is 0 Å². The van der Waals surface area contributed by atoms with Gasteiger partial charge >= 0.3 is 0 Å². The van der Waals surface area contributed by atoms with E-state index in [0.29, 0.717) is 24.4 Å². The molecule has 2 aliphatic rings. The molecule has 1 aliphatic carbocycles. The summed E-state index contributed by atoms with van der Waals surface area (Å²) >= 11 is 0. The summed E-state index contributed by atoms with van der Waals surface area (Å²) in [5, 5.41) is 15.8. The van der Waals surface area contributed by atoms with Gasteiger partial charge in [-0.3, -0.25) is 4.79 Å². The molecule has 20 heavy (non-hydrogen) atoms. The van der Waals surface area contributed by atoms with Crippen LogP contribution in [0.15, 0.2) is 0 Å². The summed E-state index contributed by atoms with van der Waals surface area (Å²) in [7, 11) is 0. The number of carbonyl (C=O) groups excluding carboxylic acids is 1. The second-order valence-corrected chi connectivity index (χ2v) is 6.54. The number of aliphatic hydroxyl groups is 1. The SMILES string of the molecule is CC(O)CC(C)CNC(=O)C1CC2CCCCC2N1.Cl. The fourth-order valence-corrected chi connectivity index (χ4v) is 3.58. The monoisotopic (exact) mass is 304 g/mol. The van der Waals surface area contributed by atoms with E-state index in [1.165, 1.54) is 25.7 Å². The third-order valence-corrected chi connectivity index (χ3v) is 4.55. The van der Waals surface area contributed by atoms with Gasteiger partial charge in [0.05, 0.1) is 12.1 Å². The molecule has 1 aliphatic heterocycles. The molecular formula is C15H29ClN2O2. The maximum absolute atomic E-state index is 12.1. The van der Waals surface area contributed by atoms with Gasteiger partial charge in [0.15, 0.2) is 0 Å². The van der Waals surface area contributed by atoms with Crippen LogP contribution in [0.3, 0.4) is 0 Å². The zero-order valence-corrected chi connectivity index (χ0v) is 13.4. The molecule has 118 valence electrons. The van der Waals surface area contributed by atoms with E-state index in [0.717, 1.165) is 12.8 Å². The van der Waals surface area contributed by atoms with E-state index in [-0.39, 0.29) is 30.5 Å². The largest absolute Gasteiger partial charge is 0.393 e. The van der Waals surface area contributed by atoms with E-state index in [4.69, 9.17) is 0 Å². The Morgan fingerprint density at radius 1 is 1.35 bits per heavy atom. The van der Waals surface area contributed by atoms with Gasteiger partial charge in [-0.05, 0) is 44.4 Å². The van der Waals surface area contributed by atoms with Crippen molar-refractivity contribution in [1.82, 2.24) is 10.6 Å². The summed E-state index contributed by atoms with van der Waals surface area (Å²) in [6.45, 7) is 4.52. The molecular weight excluding hydrogens is 276 g/mol. The van der Waals surface area contributed by atoms with Crippen LogP contribution in [0.1, 0.15) is 52.4 Å². The molecule has 0 aromatic carbocycles. The Morgan fingerprint density at radius 3 is 2.70 bits per heavy atom. The Labute approximate surface area is 128 Å². The summed E-state index contributed by atoms with van der Waals surface area (Å²) < 4.78 is 0. The van der Waals surface area contributed by atoms with Gasteiger partial charge in [-0.1, -0.05) is 19.8 Å². The molecule has 0 spiro atoms. The van der Waals surface area contributed by atoms with E-state index < -0.39 is 0 Å². The fourth-order valence-electron chi connectivity index (χ4n) is 3.58. The number of fused-ring (bicyclic) bond motifs is 1. The molecule has 0 radical (unpaired) electrons. The van der Waals surface area contributed by atoms with Crippen molar-refractivity contribution in [1.29, 1.82) is 0 Å². The molecule has 5 heteroatoms. The van der Waals surface area contributed by atoms with Crippen molar-refractivity contribution in [3.63, 3.8) is 0 Å². The van der Waals surface area contributed by atoms with Crippen LogP contribution in [0.5, 0.6) is 0 Å². The standard InChI is InChI=1S/C15H28N2O2.ClH/c1-10(7-11(2)18)9-16-15(19)14-8-12-5-3-4-6-13(12)17-14;/h10-14,17-18H,3-9H2,1-2H3,(H,16,19);1H. The highest BCUT2D eigenvalue weighted by Crippen LogP contribution is 2.33. The van der Waals surface area contributed by atoms with Gasteiger partial charge < -0.3 is 15.7 Å². The highest BCUT2D eigenvalue weighted by atomic mass is 35.5. The lowest BCUT2D eigenvalue weighted by atomic mass is 9.85. The van der Waals surface area contributed by atoms with E-state index in [1.807, 2.05) is 0 Å². The topological polar surface area (TPSA) is 61.4 Å². The molecule has 0 bridgehead atoms. The van der Waals surface area contributed by atoms with Crippen LogP contribution in [0, 0.1) is 11.8 Å². The molecule has 2 fully saturated rings. The van der Waals surface area contributed by atoms with Crippen LogP contribution in [0.4, 0.5) is 0 Å². The lowest BCUT2D eigenvalue weighted by Crippen LogP contribution is -2.44. The molecule has 4 nitrogen and oxygen atoms in total. The Bertz CT molecular complexity index is 298. The first-order valence-corrected chi connectivity index (χ1v) is 7.78. The number of aliphatic hydroxyl groups excluding tert-OH is 1. The fraction of sp³-hybridized carbons (Fsp3) is 0.933. The van der Waals surface area contributed by atoms with Crippen LogP contribution in [0.25, 0.3) is 0 Å². The summed E-state index contributed by atoms with van der Waals surface area (Å²) in [6.07, 6.45) is 6.58. The number of hydrogen-bond acceptors (Lipinski definition) is 3. The average Bonchev–Trinajstić information content (AvgIpc) is 2.78. The van der Waals surface area contributed by atoms with Crippen molar-refractivity contribution >= 4 is 18.3 Å². The zero-order chi connectivity index (χ0) is 13.8. The Hall–Kier alpha value is -0.320. The molecule has 1 saturated carbocycles. The summed E-state index contributed by atoms with van der Waals surface area (Å²) in [5.74, 6) is 1.18. The minimum absolute atomic E-state index is 0. The molecule has 5 atom stereocenters. The summed E-state index contributed by atoms with van der Waals surface area (Å²) in [5.41, 5.74) is 0. The molecule has 2 rings (SSSR count). The number of rotatable bonds is 5. The van der Waals surface area contributed by atoms with Gasteiger partial charge in [-0.25, -0.2) is 0 Å². The third-order valence-electron chi connectivity index (χ3n) is 4.55. The van der Waals surface area contributed by atoms with Crippen LogP contribution in [0.2, 0.25) is 0 Å². The highest BCUT2D eigenvalue weighted by molar-refractivity contribution is 5.85. The number of carbonyl (C=O) groups is 1. The highest BCUT2D eigenvalue weighted by Gasteiger charge is 2.38. The minimum atomic E-state index is -0.292. The smallest absolute Gasteiger partial charge is 0.237 e. The lowest BCUT2D eigenvalue weighted by molar-refractivity contribution is -0.123. The lowest BCUT2D eigenvalue weighted by Gasteiger charge is -2.24. The van der Waals surface area contributed by atoms with Gasteiger partial charge in [0.1, 0.15) is 0 Å². The second-order valence-electron chi connectivity index (χ2n) is 6.54. The van der Waals surface area contributed by atoms with Gasteiger partial charge in [-0.2, -0.15) is 0 Å². The average molecular weight is 305 g/mol. The molecule has 1 heterocycles. The van der Waals surface area contributed by atoms with Crippen LogP contribution in [-0.4, -0.2) is 35.7 Å². The first kappa shape index (κ1) is 17.7.